The summed E-state index contributed by atoms with van der Waals surface area (Å²) in [5.74, 6) is 6.50. The Labute approximate surface area is 108 Å². The van der Waals surface area contributed by atoms with Crippen molar-refractivity contribution in [3.8, 4) is 0 Å². The molecular weight excluding hydrogens is 228 g/mol. The van der Waals surface area contributed by atoms with Crippen LogP contribution in [0.5, 0.6) is 0 Å². The molecule has 0 saturated heterocycles. The van der Waals surface area contributed by atoms with Crippen molar-refractivity contribution in [2.75, 3.05) is 6.26 Å². The number of nitrogens with one attached hydrogen (secondary N) is 1. The third-order valence-corrected chi connectivity index (χ3v) is 4.59. The van der Waals surface area contributed by atoms with Gasteiger partial charge in [-0.2, -0.15) is 0 Å². The fourth-order valence-electron chi connectivity index (χ4n) is 2.87. The molecule has 1 fully saturated rings. The minimum Gasteiger partial charge on any atom is -0.271 e. The largest absolute Gasteiger partial charge is 0.271 e. The van der Waals surface area contributed by atoms with E-state index in [1.165, 1.54) is 42.6 Å². The number of hydrogen-bond donors (Lipinski definition) is 2. The van der Waals surface area contributed by atoms with E-state index in [2.05, 4.69) is 35.9 Å². The second-order valence-electron chi connectivity index (χ2n) is 4.78. The molecule has 1 saturated carbocycles. The Morgan fingerprint density at radius 3 is 2.59 bits per heavy atom. The predicted molar refractivity (Wildman–Crippen MR) is 74.9 cm³/mol. The molecule has 2 nitrogen and oxygen atoms in total. The number of thioether (sulfide) groups is 1. The van der Waals surface area contributed by atoms with E-state index in [9.17, 15) is 0 Å². The standard InChI is InChI=1S/C14H22N2S/c1-17-13-10-6-5-9-12(13)14(16-15)11-7-3-2-4-8-11/h5-6,9-11,14,16H,2-4,7-8,15H2,1H3. The van der Waals surface area contributed by atoms with Gasteiger partial charge in [-0.15, -0.1) is 11.8 Å². The molecule has 0 amide bonds. The monoisotopic (exact) mass is 250 g/mol. The van der Waals surface area contributed by atoms with Crippen LogP contribution >= 0.6 is 11.8 Å². The zero-order valence-electron chi connectivity index (χ0n) is 10.5. The molecule has 1 aromatic rings. The number of hydrazine groups is 1. The highest BCUT2D eigenvalue weighted by atomic mass is 32.2. The molecule has 1 aliphatic rings. The van der Waals surface area contributed by atoms with Gasteiger partial charge in [0.1, 0.15) is 0 Å². The van der Waals surface area contributed by atoms with Crippen LogP contribution in [0, 0.1) is 5.92 Å². The van der Waals surface area contributed by atoms with Crippen molar-refractivity contribution in [3.63, 3.8) is 0 Å². The van der Waals surface area contributed by atoms with Gasteiger partial charge in [-0.3, -0.25) is 11.3 Å². The minimum absolute atomic E-state index is 0.318. The summed E-state index contributed by atoms with van der Waals surface area (Å²) in [6.45, 7) is 0. The van der Waals surface area contributed by atoms with Gasteiger partial charge in [-0.25, -0.2) is 0 Å². The summed E-state index contributed by atoms with van der Waals surface area (Å²) in [7, 11) is 0. The maximum absolute atomic E-state index is 5.80. The van der Waals surface area contributed by atoms with Crippen LogP contribution in [0.25, 0.3) is 0 Å². The first kappa shape index (κ1) is 12.9. The van der Waals surface area contributed by atoms with Crippen LogP contribution in [-0.2, 0) is 0 Å². The molecule has 0 bridgehead atoms. The second-order valence-corrected chi connectivity index (χ2v) is 5.63. The molecule has 1 unspecified atom stereocenters. The Bertz CT molecular complexity index is 348. The highest BCUT2D eigenvalue weighted by Crippen LogP contribution is 2.37. The van der Waals surface area contributed by atoms with Crippen LogP contribution in [0.1, 0.15) is 43.7 Å². The Morgan fingerprint density at radius 1 is 1.24 bits per heavy atom. The molecule has 0 spiro atoms. The zero-order valence-corrected chi connectivity index (χ0v) is 11.3. The van der Waals surface area contributed by atoms with E-state index in [-0.39, 0.29) is 0 Å². The van der Waals surface area contributed by atoms with Gasteiger partial charge < -0.3 is 0 Å². The molecule has 0 radical (unpaired) electrons. The molecule has 0 heterocycles. The van der Waals surface area contributed by atoms with E-state index < -0.39 is 0 Å². The summed E-state index contributed by atoms with van der Waals surface area (Å²) in [5, 5.41) is 0. The van der Waals surface area contributed by atoms with E-state index in [1.807, 2.05) is 11.8 Å². The van der Waals surface area contributed by atoms with Gasteiger partial charge in [0.2, 0.25) is 0 Å². The summed E-state index contributed by atoms with van der Waals surface area (Å²) in [6.07, 6.45) is 8.83. The smallest absolute Gasteiger partial charge is 0.0499 e. The summed E-state index contributed by atoms with van der Waals surface area (Å²) >= 11 is 1.81. The average Bonchev–Trinajstić information content (AvgIpc) is 2.41. The van der Waals surface area contributed by atoms with Gasteiger partial charge in [0, 0.05) is 10.9 Å². The number of rotatable bonds is 4. The highest BCUT2D eigenvalue weighted by molar-refractivity contribution is 7.98. The van der Waals surface area contributed by atoms with Gasteiger partial charge in [-0.05, 0) is 36.6 Å². The fourth-order valence-corrected chi connectivity index (χ4v) is 3.52. The van der Waals surface area contributed by atoms with Crippen molar-refractivity contribution < 1.29 is 0 Å². The van der Waals surface area contributed by atoms with Gasteiger partial charge in [0.25, 0.3) is 0 Å². The van der Waals surface area contributed by atoms with E-state index in [0.29, 0.717) is 12.0 Å². The number of hydrogen-bond acceptors (Lipinski definition) is 3. The molecule has 3 N–H and O–H groups in total. The molecule has 0 aliphatic heterocycles. The van der Waals surface area contributed by atoms with Crippen LogP contribution in [0.4, 0.5) is 0 Å². The lowest BCUT2D eigenvalue weighted by Crippen LogP contribution is -2.34. The summed E-state index contributed by atoms with van der Waals surface area (Å²) in [5.41, 5.74) is 4.42. The molecule has 1 aliphatic carbocycles. The van der Waals surface area contributed by atoms with Gasteiger partial charge >= 0.3 is 0 Å². The van der Waals surface area contributed by atoms with Crippen molar-refractivity contribution in [2.45, 2.75) is 43.0 Å². The maximum atomic E-state index is 5.80. The lowest BCUT2D eigenvalue weighted by molar-refractivity contribution is 0.271. The Kier molecular flexibility index (Phi) is 4.89. The van der Waals surface area contributed by atoms with E-state index >= 15 is 0 Å². The summed E-state index contributed by atoms with van der Waals surface area (Å²) in [4.78, 5) is 1.35. The third kappa shape index (κ3) is 3.03. The highest BCUT2D eigenvalue weighted by Gasteiger charge is 2.25. The average molecular weight is 250 g/mol. The fraction of sp³-hybridized carbons (Fsp3) is 0.571. The van der Waals surface area contributed by atoms with Crippen molar-refractivity contribution in [3.05, 3.63) is 29.8 Å². The van der Waals surface area contributed by atoms with Crippen LogP contribution in [0.2, 0.25) is 0 Å². The zero-order chi connectivity index (χ0) is 12.1. The minimum atomic E-state index is 0.318. The van der Waals surface area contributed by atoms with Crippen LogP contribution < -0.4 is 11.3 Å². The maximum Gasteiger partial charge on any atom is 0.0499 e. The van der Waals surface area contributed by atoms with E-state index in [4.69, 9.17) is 5.84 Å². The topological polar surface area (TPSA) is 38.0 Å². The van der Waals surface area contributed by atoms with E-state index in [1.54, 1.807) is 0 Å². The van der Waals surface area contributed by atoms with Crippen molar-refractivity contribution >= 4 is 11.8 Å². The van der Waals surface area contributed by atoms with Gasteiger partial charge in [-0.1, -0.05) is 37.5 Å². The van der Waals surface area contributed by atoms with Crippen molar-refractivity contribution in [1.82, 2.24) is 5.43 Å². The Morgan fingerprint density at radius 2 is 1.94 bits per heavy atom. The first-order valence-electron chi connectivity index (χ1n) is 6.46. The third-order valence-electron chi connectivity index (χ3n) is 3.77. The van der Waals surface area contributed by atoms with Gasteiger partial charge in [0.05, 0.1) is 0 Å². The van der Waals surface area contributed by atoms with E-state index in [0.717, 1.165) is 0 Å². The molecule has 3 heteroatoms. The molecule has 1 aromatic carbocycles. The van der Waals surface area contributed by atoms with Gasteiger partial charge in [0.15, 0.2) is 0 Å². The van der Waals surface area contributed by atoms with Crippen molar-refractivity contribution in [2.24, 2.45) is 11.8 Å². The van der Waals surface area contributed by atoms with Crippen LogP contribution in [-0.4, -0.2) is 6.26 Å². The molecular formula is C14H22N2S. The normalized spacial score (nSPS) is 19.2. The molecule has 2 rings (SSSR count). The van der Waals surface area contributed by atoms with Crippen LogP contribution in [0.3, 0.4) is 0 Å². The molecule has 0 aromatic heterocycles. The molecule has 1 atom stereocenters. The predicted octanol–water partition coefficient (Wildman–Crippen LogP) is 3.49. The quantitative estimate of drug-likeness (QED) is 0.488. The lowest BCUT2D eigenvalue weighted by Gasteiger charge is -2.31. The second kappa shape index (κ2) is 6.43. The van der Waals surface area contributed by atoms with Crippen LogP contribution in [0.15, 0.2) is 29.2 Å². The first-order chi connectivity index (χ1) is 8.36. The summed E-state index contributed by atoms with van der Waals surface area (Å²) < 4.78 is 0. The number of nitrogens with two attached hydrogens (primary N) is 1. The molecule has 94 valence electrons. The lowest BCUT2D eigenvalue weighted by atomic mass is 9.81. The summed E-state index contributed by atoms with van der Waals surface area (Å²) in [6, 6.07) is 8.93. The Balaban J connectivity index is 2.21. The first-order valence-corrected chi connectivity index (χ1v) is 7.68. The van der Waals surface area contributed by atoms with Crippen molar-refractivity contribution in [1.29, 1.82) is 0 Å². The molecule has 17 heavy (non-hydrogen) atoms. The number of benzene rings is 1. The Hall–Kier alpha value is -0.510. The SMILES string of the molecule is CSc1ccccc1C(NN)C1CCCCC1.